The molecule has 1 saturated heterocycles. The number of likely N-dealkylation sites (tertiary alicyclic amines) is 1. The van der Waals surface area contributed by atoms with Crippen LogP contribution >= 0.6 is 11.6 Å². The molecule has 5 nitrogen and oxygen atoms in total. The van der Waals surface area contributed by atoms with Crippen molar-refractivity contribution < 1.29 is 0 Å². The Morgan fingerprint density at radius 1 is 1.44 bits per heavy atom. The molecular weight excluding hydrogens is 250 g/mol. The standard InChI is InChI=1S/C12H20ClN5/c1-2-5-18-6-3-9(4-7-18)17-12-10(14)11(13)15-8-16-12/h8-9H,2-7,14H2,1H3,(H,15,16,17). The van der Waals surface area contributed by atoms with Gasteiger partial charge in [-0.1, -0.05) is 18.5 Å². The van der Waals surface area contributed by atoms with Gasteiger partial charge in [-0.25, -0.2) is 9.97 Å². The van der Waals surface area contributed by atoms with Crippen LogP contribution < -0.4 is 11.1 Å². The van der Waals surface area contributed by atoms with Crippen molar-refractivity contribution in [2.45, 2.75) is 32.2 Å². The van der Waals surface area contributed by atoms with Gasteiger partial charge in [0, 0.05) is 19.1 Å². The molecule has 0 amide bonds. The summed E-state index contributed by atoms with van der Waals surface area (Å²) in [6.07, 6.45) is 4.88. The molecule has 2 rings (SSSR count). The predicted octanol–water partition coefficient (Wildman–Crippen LogP) is 2.00. The number of nitrogens with two attached hydrogens (primary N) is 1. The number of aromatic nitrogens is 2. The highest BCUT2D eigenvalue weighted by Crippen LogP contribution is 2.24. The van der Waals surface area contributed by atoms with E-state index in [-0.39, 0.29) is 0 Å². The van der Waals surface area contributed by atoms with Crippen molar-refractivity contribution in [2.75, 3.05) is 30.7 Å². The van der Waals surface area contributed by atoms with Crippen molar-refractivity contribution in [2.24, 2.45) is 0 Å². The number of hydrogen-bond donors (Lipinski definition) is 2. The molecule has 3 N–H and O–H groups in total. The van der Waals surface area contributed by atoms with E-state index >= 15 is 0 Å². The zero-order valence-electron chi connectivity index (χ0n) is 10.7. The van der Waals surface area contributed by atoms with Gasteiger partial charge in [-0.15, -0.1) is 0 Å². The number of piperidine rings is 1. The van der Waals surface area contributed by atoms with Gasteiger partial charge in [-0.3, -0.25) is 0 Å². The van der Waals surface area contributed by atoms with E-state index in [2.05, 4.69) is 27.1 Å². The van der Waals surface area contributed by atoms with Crippen LogP contribution in [0.5, 0.6) is 0 Å². The molecule has 0 unspecified atom stereocenters. The molecule has 100 valence electrons. The first-order valence-corrected chi connectivity index (χ1v) is 6.83. The average Bonchev–Trinajstić information content (AvgIpc) is 2.38. The molecule has 0 spiro atoms. The topological polar surface area (TPSA) is 67.1 Å². The fourth-order valence-corrected chi connectivity index (χ4v) is 2.43. The van der Waals surface area contributed by atoms with Crippen LogP contribution in [0.3, 0.4) is 0 Å². The predicted molar refractivity (Wildman–Crippen MR) is 74.8 cm³/mol. The molecular formula is C12H20ClN5. The number of rotatable bonds is 4. The second kappa shape index (κ2) is 6.20. The molecule has 2 heterocycles. The lowest BCUT2D eigenvalue weighted by atomic mass is 10.0. The van der Waals surface area contributed by atoms with E-state index in [0.29, 0.717) is 22.7 Å². The number of nitrogen functional groups attached to an aromatic ring is 1. The third-order valence-corrected chi connectivity index (χ3v) is 3.60. The Hall–Kier alpha value is -1.07. The third kappa shape index (κ3) is 3.23. The van der Waals surface area contributed by atoms with Crippen molar-refractivity contribution in [1.29, 1.82) is 0 Å². The third-order valence-electron chi connectivity index (χ3n) is 3.30. The summed E-state index contributed by atoms with van der Waals surface area (Å²) in [5.74, 6) is 0.656. The number of halogens is 1. The van der Waals surface area contributed by atoms with Gasteiger partial charge in [-0.2, -0.15) is 0 Å². The van der Waals surface area contributed by atoms with Crippen LogP contribution in [-0.2, 0) is 0 Å². The first-order valence-electron chi connectivity index (χ1n) is 6.45. The van der Waals surface area contributed by atoms with Crippen LogP contribution in [-0.4, -0.2) is 40.5 Å². The Labute approximate surface area is 113 Å². The first kappa shape index (κ1) is 13.4. The molecule has 0 aromatic carbocycles. The minimum absolute atomic E-state index is 0.316. The van der Waals surface area contributed by atoms with Crippen molar-refractivity contribution >= 4 is 23.1 Å². The van der Waals surface area contributed by atoms with Crippen molar-refractivity contribution in [1.82, 2.24) is 14.9 Å². The maximum atomic E-state index is 5.87. The van der Waals surface area contributed by atoms with Crippen LogP contribution in [0.2, 0.25) is 5.15 Å². The van der Waals surface area contributed by atoms with E-state index in [1.807, 2.05) is 0 Å². The lowest BCUT2D eigenvalue weighted by Crippen LogP contribution is -2.39. The molecule has 1 fully saturated rings. The van der Waals surface area contributed by atoms with Gasteiger partial charge in [0.1, 0.15) is 12.0 Å². The van der Waals surface area contributed by atoms with Gasteiger partial charge in [-0.05, 0) is 25.8 Å². The van der Waals surface area contributed by atoms with E-state index in [1.165, 1.54) is 19.3 Å². The van der Waals surface area contributed by atoms with Gasteiger partial charge in [0.2, 0.25) is 0 Å². The molecule has 6 heteroatoms. The Morgan fingerprint density at radius 3 is 2.83 bits per heavy atom. The van der Waals surface area contributed by atoms with Crippen LogP contribution in [0, 0.1) is 0 Å². The number of nitrogens with one attached hydrogen (secondary N) is 1. The maximum Gasteiger partial charge on any atom is 0.157 e. The Bertz CT molecular complexity index is 390. The smallest absolute Gasteiger partial charge is 0.157 e. The largest absolute Gasteiger partial charge is 0.393 e. The molecule has 1 aromatic heterocycles. The fourth-order valence-electron chi connectivity index (χ4n) is 2.30. The van der Waals surface area contributed by atoms with Gasteiger partial charge in [0.25, 0.3) is 0 Å². The summed E-state index contributed by atoms with van der Waals surface area (Å²) in [6, 6.07) is 0.423. The summed E-state index contributed by atoms with van der Waals surface area (Å²) in [4.78, 5) is 10.5. The van der Waals surface area contributed by atoms with Crippen LogP contribution in [0.1, 0.15) is 26.2 Å². The zero-order valence-corrected chi connectivity index (χ0v) is 11.5. The number of hydrogen-bond acceptors (Lipinski definition) is 5. The summed E-state index contributed by atoms with van der Waals surface area (Å²) >= 11 is 5.87. The summed E-state index contributed by atoms with van der Waals surface area (Å²) in [6.45, 7) is 5.66. The van der Waals surface area contributed by atoms with Crippen molar-refractivity contribution in [3.8, 4) is 0 Å². The van der Waals surface area contributed by atoms with Crippen LogP contribution in [0.25, 0.3) is 0 Å². The Morgan fingerprint density at radius 2 is 2.17 bits per heavy atom. The fraction of sp³-hybridized carbons (Fsp3) is 0.667. The molecule has 18 heavy (non-hydrogen) atoms. The lowest BCUT2D eigenvalue weighted by molar-refractivity contribution is 0.219. The highest BCUT2D eigenvalue weighted by molar-refractivity contribution is 6.32. The second-order valence-corrected chi connectivity index (χ2v) is 5.05. The highest BCUT2D eigenvalue weighted by atomic mass is 35.5. The SMILES string of the molecule is CCCN1CCC(Nc2ncnc(Cl)c2N)CC1. The second-order valence-electron chi connectivity index (χ2n) is 4.69. The molecule has 0 bridgehead atoms. The molecule has 1 aliphatic rings. The molecule has 0 saturated carbocycles. The van der Waals surface area contributed by atoms with Crippen molar-refractivity contribution in [3.63, 3.8) is 0 Å². The van der Waals surface area contributed by atoms with E-state index in [4.69, 9.17) is 17.3 Å². The molecule has 0 aliphatic carbocycles. The van der Waals surface area contributed by atoms with Crippen molar-refractivity contribution in [3.05, 3.63) is 11.5 Å². The first-order chi connectivity index (χ1) is 8.70. The monoisotopic (exact) mass is 269 g/mol. The lowest BCUT2D eigenvalue weighted by Gasteiger charge is -2.32. The quantitative estimate of drug-likeness (QED) is 0.819. The maximum absolute atomic E-state index is 5.87. The molecule has 1 aromatic rings. The van der Waals surface area contributed by atoms with Crippen LogP contribution in [0.4, 0.5) is 11.5 Å². The normalized spacial score (nSPS) is 17.9. The summed E-state index contributed by atoms with van der Waals surface area (Å²) in [5.41, 5.74) is 6.28. The van der Waals surface area contributed by atoms with Gasteiger partial charge in [0.05, 0.1) is 0 Å². The van der Waals surface area contributed by atoms with Crippen LogP contribution in [0.15, 0.2) is 6.33 Å². The van der Waals surface area contributed by atoms with E-state index < -0.39 is 0 Å². The summed E-state index contributed by atoms with van der Waals surface area (Å²) < 4.78 is 0. The number of nitrogens with zero attached hydrogens (tertiary/aromatic N) is 3. The minimum atomic E-state index is 0.316. The summed E-state index contributed by atoms with van der Waals surface area (Å²) in [7, 11) is 0. The number of anilines is 2. The van der Waals surface area contributed by atoms with E-state index in [9.17, 15) is 0 Å². The van der Waals surface area contributed by atoms with E-state index in [1.54, 1.807) is 0 Å². The summed E-state index contributed by atoms with van der Waals surface area (Å²) in [5, 5.41) is 3.68. The highest BCUT2D eigenvalue weighted by Gasteiger charge is 2.19. The Kier molecular flexibility index (Phi) is 4.60. The van der Waals surface area contributed by atoms with Gasteiger partial charge in [0.15, 0.2) is 11.0 Å². The van der Waals surface area contributed by atoms with Gasteiger partial charge < -0.3 is 16.0 Å². The molecule has 0 atom stereocenters. The van der Waals surface area contributed by atoms with Gasteiger partial charge >= 0.3 is 0 Å². The average molecular weight is 270 g/mol. The Balaban J connectivity index is 1.90. The minimum Gasteiger partial charge on any atom is -0.393 e. The van der Waals surface area contributed by atoms with E-state index in [0.717, 1.165) is 25.9 Å². The zero-order chi connectivity index (χ0) is 13.0. The molecule has 0 radical (unpaired) electrons. The molecule has 1 aliphatic heterocycles.